The van der Waals surface area contributed by atoms with Gasteiger partial charge in [0.25, 0.3) is 0 Å². The first-order valence-corrected chi connectivity index (χ1v) is 11.2. The van der Waals surface area contributed by atoms with Crippen LogP contribution >= 0.6 is 11.6 Å². The summed E-state index contributed by atoms with van der Waals surface area (Å²) in [5, 5.41) is 23.3. The first-order valence-electron chi connectivity index (χ1n) is 10.8. The Morgan fingerprint density at radius 2 is 1.91 bits per heavy atom. The van der Waals surface area contributed by atoms with E-state index in [9.17, 15) is 14.3 Å². The number of aromatic nitrogens is 1. The molecule has 4 N–H and O–H groups in total. The van der Waals surface area contributed by atoms with E-state index in [1.54, 1.807) is 42.5 Å². The number of anilines is 1. The highest BCUT2D eigenvalue weighted by Crippen LogP contribution is 2.34. The van der Waals surface area contributed by atoms with Crippen LogP contribution in [-0.4, -0.2) is 41.3 Å². The first-order chi connectivity index (χ1) is 16.9. The number of carbonyl (C=O) groups excluding carboxylic acids is 1. The number of hydrogen-bond donors (Lipinski definition) is 4. The quantitative estimate of drug-likeness (QED) is 0.233. The molecule has 3 aromatic carbocycles. The highest BCUT2D eigenvalue weighted by molar-refractivity contribution is 6.30. The third-order valence-electron chi connectivity index (χ3n) is 5.54. The minimum absolute atomic E-state index is 0.0900. The van der Waals surface area contributed by atoms with Gasteiger partial charge in [0.2, 0.25) is 0 Å². The Kier molecular flexibility index (Phi) is 7.55. The van der Waals surface area contributed by atoms with Crippen LogP contribution in [-0.2, 0) is 6.61 Å². The van der Waals surface area contributed by atoms with Crippen LogP contribution in [0.3, 0.4) is 0 Å². The zero-order valence-electron chi connectivity index (χ0n) is 18.8. The Hall–Kier alpha value is -3.59. The molecule has 0 fully saturated rings. The van der Waals surface area contributed by atoms with Crippen LogP contribution in [0.1, 0.15) is 27.5 Å². The second-order valence-electron chi connectivity index (χ2n) is 7.80. The fourth-order valence-corrected chi connectivity index (χ4v) is 4.12. The van der Waals surface area contributed by atoms with E-state index in [-0.39, 0.29) is 25.6 Å². The Morgan fingerprint density at radius 3 is 2.66 bits per heavy atom. The first kappa shape index (κ1) is 24.5. The van der Waals surface area contributed by atoms with Gasteiger partial charge < -0.3 is 30.0 Å². The van der Waals surface area contributed by atoms with E-state index in [1.807, 2.05) is 0 Å². The number of ketones is 1. The third kappa shape index (κ3) is 5.40. The minimum atomic E-state index is -0.934. The van der Waals surface area contributed by atoms with Crippen molar-refractivity contribution >= 4 is 34.0 Å². The molecule has 9 heteroatoms. The van der Waals surface area contributed by atoms with Gasteiger partial charge in [-0.15, -0.1) is 0 Å². The number of rotatable bonds is 10. The molecule has 0 saturated carbocycles. The van der Waals surface area contributed by atoms with Crippen molar-refractivity contribution in [3.8, 4) is 11.5 Å². The van der Waals surface area contributed by atoms with E-state index in [0.29, 0.717) is 49.8 Å². The average molecular weight is 499 g/mol. The molecule has 1 aromatic heterocycles. The molecule has 0 aliphatic rings. The SMILES string of the molecule is COc1cc(NC(C(=O)c2c[nH]c3cc(F)ccc23)c2ccc(Cl)cc2CO)cc(OCCO)c1. The normalized spacial score (nSPS) is 11.9. The number of Topliss-reactive ketones (excluding diaryl/α,β-unsaturated/α-hetero) is 1. The number of nitrogens with one attached hydrogen (secondary N) is 2. The molecule has 1 unspecified atom stereocenters. The number of ether oxygens (including phenoxy) is 2. The van der Waals surface area contributed by atoms with Gasteiger partial charge in [-0.2, -0.15) is 0 Å². The number of hydrogen-bond acceptors (Lipinski definition) is 6. The lowest BCUT2D eigenvalue weighted by atomic mass is 9.93. The maximum Gasteiger partial charge on any atom is 0.191 e. The Bertz CT molecular complexity index is 1360. The zero-order chi connectivity index (χ0) is 24.9. The minimum Gasteiger partial charge on any atom is -0.497 e. The van der Waals surface area contributed by atoms with E-state index < -0.39 is 11.9 Å². The number of aromatic amines is 1. The lowest BCUT2D eigenvalue weighted by Crippen LogP contribution is -2.23. The number of aliphatic hydroxyl groups is 2. The second kappa shape index (κ2) is 10.8. The van der Waals surface area contributed by atoms with Crippen molar-refractivity contribution in [1.29, 1.82) is 0 Å². The van der Waals surface area contributed by atoms with Crippen molar-refractivity contribution in [3.05, 3.63) is 88.3 Å². The van der Waals surface area contributed by atoms with Gasteiger partial charge in [0, 0.05) is 51.6 Å². The molecule has 7 nitrogen and oxygen atoms in total. The Labute approximate surface area is 206 Å². The van der Waals surface area contributed by atoms with Crippen LogP contribution < -0.4 is 14.8 Å². The van der Waals surface area contributed by atoms with Crippen molar-refractivity contribution < 1.29 is 28.9 Å². The van der Waals surface area contributed by atoms with Crippen LogP contribution in [0.25, 0.3) is 10.9 Å². The molecule has 0 radical (unpaired) electrons. The predicted octanol–water partition coefficient (Wildman–Crippen LogP) is 4.87. The molecule has 1 heterocycles. The highest BCUT2D eigenvalue weighted by atomic mass is 35.5. The second-order valence-corrected chi connectivity index (χ2v) is 8.24. The van der Waals surface area contributed by atoms with Gasteiger partial charge >= 0.3 is 0 Å². The number of methoxy groups -OCH3 is 1. The van der Waals surface area contributed by atoms with E-state index in [0.717, 1.165) is 0 Å². The molecule has 182 valence electrons. The van der Waals surface area contributed by atoms with Crippen LogP contribution in [0.4, 0.5) is 10.1 Å². The molecule has 35 heavy (non-hydrogen) atoms. The van der Waals surface area contributed by atoms with E-state index in [2.05, 4.69) is 10.3 Å². The maximum atomic E-state index is 13.9. The zero-order valence-corrected chi connectivity index (χ0v) is 19.6. The summed E-state index contributed by atoms with van der Waals surface area (Å²) in [6.07, 6.45) is 1.54. The van der Waals surface area contributed by atoms with E-state index in [1.165, 1.54) is 25.4 Å². The van der Waals surface area contributed by atoms with Crippen LogP contribution in [0.5, 0.6) is 11.5 Å². The molecule has 0 saturated heterocycles. The van der Waals surface area contributed by atoms with Crippen molar-refractivity contribution in [2.75, 3.05) is 25.6 Å². The van der Waals surface area contributed by atoms with E-state index >= 15 is 0 Å². The lowest BCUT2D eigenvalue weighted by molar-refractivity contribution is 0.0970. The highest BCUT2D eigenvalue weighted by Gasteiger charge is 2.27. The molecule has 1 atom stereocenters. The topological polar surface area (TPSA) is 104 Å². The largest absolute Gasteiger partial charge is 0.497 e. The number of carbonyl (C=O) groups is 1. The van der Waals surface area contributed by atoms with Gasteiger partial charge in [0.1, 0.15) is 30.0 Å². The van der Waals surface area contributed by atoms with Gasteiger partial charge in [-0.25, -0.2) is 4.39 Å². The summed E-state index contributed by atoms with van der Waals surface area (Å²) in [6.45, 7) is -0.400. The summed E-state index contributed by atoms with van der Waals surface area (Å²) in [6, 6.07) is 13.2. The number of H-pyrrole nitrogens is 1. The Morgan fingerprint density at radius 1 is 1.11 bits per heavy atom. The molecular weight excluding hydrogens is 475 g/mol. The summed E-state index contributed by atoms with van der Waals surface area (Å²) in [7, 11) is 1.51. The molecule has 4 rings (SSSR count). The molecular formula is C26H24ClFN2O5. The van der Waals surface area contributed by atoms with Crippen molar-refractivity contribution in [3.63, 3.8) is 0 Å². The van der Waals surface area contributed by atoms with Crippen LogP contribution in [0, 0.1) is 5.82 Å². The van der Waals surface area contributed by atoms with E-state index in [4.69, 9.17) is 26.2 Å². The smallest absolute Gasteiger partial charge is 0.191 e. The summed E-state index contributed by atoms with van der Waals surface area (Å²) < 4.78 is 24.6. The average Bonchev–Trinajstić information content (AvgIpc) is 3.28. The number of benzene rings is 3. The van der Waals surface area contributed by atoms with Gasteiger partial charge in [0.05, 0.1) is 20.3 Å². The summed E-state index contributed by atoms with van der Waals surface area (Å²) in [5.41, 5.74) is 2.37. The molecule has 0 amide bonds. The fraction of sp³-hybridized carbons (Fsp3) is 0.192. The molecule has 0 bridgehead atoms. The van der Waals surface area contributed by atoms with Gasteiger partial charge in [-0.05, 0) is 41.5 Å². The summed E-state index contributed by atoms with van der Waals surface area (Å²) in [5.74, 6) is 0.198. The van der Waals surface area contributed by atoms with Crippen molar-refractivity contribution in [1.82, 2.24) is 4.98 Å². The maximum absolute atomic E-state index is 13.9. The van der Waals surface area contributed by atoms with Gasteiger partial charge in [0.15, 0.2) is 5.78 Å². The Balaban J connectivity index is 1.80. The van der Waals surface area contributed by atoms with Gasteiger partial charge in [-0.3, -0.25) is 4.79 Å². The number of fused-ring (bicyclic) bond motifs is 1. The van der Waals surface area contributed by atoms with Crippen molar-refractivity contribution in [2.45, 2.75) is 12.6 Å². The van der Waals surface area contributed by atoms with Crippen LogP contribution in [0.2, 0.25) is 5.02 Å². The monoisotopic (exact) mass is 498 g/mol. The predicted molar refractivity (Wildman–Crippen MR) is 132 cm³/mol. The standard InChI is InChI=1S/C26H24ClFN2O5/c1-34-19-10-18(11-20(12-19)35-7-6-31)30-25(21-4-2-16(27)8-15(21)14-32)26(33)23-13-29-24-9-17(28)3-5-22(23)24/h2-5,8-13,25,29-32H,6-7,14H2,1H3. The van der Waals surface area contributed by atoms with Crippen LogP contribution in [0.15, 0.2) is 60.8 Å². The molecule has 4 aromatic rings. The molecule has 0 aliphatic heterocycles. The summed E-state index contributed by atoms with van der Waals surface area (Å²) in [4.78, 5) is 16.8. The summed E-state index contributed by atoms with van der Waals surface area (Å²) >= 11 is 6.13. The third-order valence-corrected chi connectivity index (χ3v) is 5.78. The molecule has 0 spiro atoms. The van der Waals surface area contributed by atoms with Crippen molar-refractivity contribution in [2.24, 2.45) is 0 Å². The lowest BCUT2D eigenvalue weighted by Gasteiger charge is -2.22. The van der Waals surface area contributed by atoms with Gasteiger partial charge in [-0.1, -0.05) is 17.7 Å². The number of aliphatic hydroxyl groups excluding tert-OH is 2. The fourth-order valence-electron chi connectivity index (χ4n) is 3.92. The molecule has 0 aliphatic carbocycles. The number of halogens is 2.